The minimum atomic E-state index is 0.599. The van der Waals surface area contributed by atoms with Crippen LogP contribution in [0, 0.1) is 11.3 Å². The third-order valence-corrected chi connectivity index (χ3v) is 2.55. The maximum absolute atomic E-state index is 10.8. The topological polar surface area (TPSA) is 45.8 Å². The monoisotopic (exact) mass is 204 g/mol. The van der Waals surface area contributed by atoms with Crippen molar-refractivity contribution in [3.63, 3.8) is 0 Å². The van der Waals surface area contributed by atoms with E-state index >= 15 is 0 Å². The van der Waals surface area contributed by atoms with Crippen molar-refractivity contribution >= 4 is 6.29 Å². The van der Waals surface area contributed by atoms with Crippen LogP contribution in [0.4, 0.5) is 0 Å². The quantitative estimate of drug-likeness (QED) is 0.692. The van der Waals surface area contributed by atoms with E-state index in [-0.39, 0.29) is 0 Å². The van der Waals surface area contributed by atoms with E-state index in [1.165, 1.54) is 0 Å². The summed E-state index contributed by atoms with van der Waals surface area (Å²) in [6.07, 6.45) is 3.75. The molecule has 0 amide bonds. The first-order valence-electron chi connectivity index (χ1n) is 5.36. The molecule has 1 rings (SSSR count). The lowest BCUT2D eigenvalue weighted by Gasteiger charge is -2.08. The van der Waals surface area contributed by atoms with Crippen molar-refractivity contribution in [1.29, 1.82) is 5.26 Å². The summed E-state index contributed by atoms with van der Waals surface area (Å²) in [6, 6.07) is 3.82. The van der Waals surface area contributed by atoms with Crippen LogP contribution in [-0.2, 0) is 13.0 Å². The highest BCUT2D eigenvalue weighted by atomic mass is 16.1. The van der Waals surface area contributed by atoms with Gasteiger partial charge < -0.3 is 4.57 Å². The van der Waals surface area contributed by atoms with Gasteiger partial charge in [0.15, 0.2) is 6.29 Å². The minimum absolute atomic E-state index is 0.599. The standard InChI is InChI=1S/C12H16N2O/c1-3-5-6-14-11(8-13)7-10(9-15)12(14)4-2/h7,9H,3-6H2,1-2H3. The van der Waals surface area contributed by atoms with E-state index in [1.54, 1.807) is 6.07 Å². The number of hydrogen-bond donors (Lipinski definition) is 0. The van der Waals surface area contributed by atoms with Gasteiger partial charge in [-0.1, -0.05) is 20.3 Å². The van der Waals surface area contributed by atoms with Crippen LogP contribution in [-0.4, -0.2) is 10.9 Å². The van der Waals surface area contributed by atoms with Gasteiger partial charge >= 0.3 is 0 Å². The molecule has 80 valence electrons. The van der Waals surface area contributed by atoms with Crippen molar-refractivity contribution in [2.45, 2.75) is 39.7 Å². The molecule has 0 fully saturated rings. The van der Waals surface area contributed by atoms with Gasteiger partial charge in [-0.15, -0.1) is 0 Å². The number of rotatable bonds is 5. The Balaban J connectivity index is 3.13. The summed E-state index contributed by atoms with van der Waals surface area (Å²) in [5, 5.41) is 8.96. The molecular weight excluding hydrogens is 188 g/mol. The summed E-state index contributed by atoms with van der Waals surface area (Å²) in [4.78, 5) is 10.8. The Morgan fingerprint density at radius 3 is 2.73 bits per heavy atom. The summed E-state index contributed by atoms with van der Waals surface area (Å²) >= 11 is 0. The van der Waals surface area contributed by atoms with E-state index in [2.05, 4.69) is 13.0 Å². The van der Waals surface area contributed by atoms with E-state index in [4.69, 9.17) is 5.26 Å². The van der Waals surface area contributed by atoms with E-state index in [0.29, 0.717) is 11.3 Å². The summed E-state index contributed by atoms with van der Waals surface area (Å²) in [6.45, 7) is 4.95. The lowest BCUT2D eigenvalue weighted by Crippen LogP contribution is -2.05. The van der Waals surface area contributed by atoms with Crippen LogP contribution in [0.25, 0.3) is 0 Å². The van der Waals surface area contributed by atoms with Crippen LogP contribution in [0.5, 0.6) is 0 Å². The van der Waals surface area contributed by atoms with Gasteiger partial charge in [0.2, 0.25) is 0 Å². The summed E-state index contributed by atoms with van der Waals surface area (Å²) in [7, 11) is 0. The van der Waals surface area contributed by atoms with Crippen LogP contribution in [0.2, 0.25) is 0 Å². The molecule has 0 unspecified atom stereocenters. The predicted octanol–water partition coefficient (Wildman–Crippen LogP) is 2.53. The molecule has 0 saturated heterocycles. The molecule has 0 aliphatic rings. The van der Waals surface area contributed by atoms with Crippen molar-refractivity contribution in [2.75, 3.05) is 0 Å². The molecule has 0 aromatic carbocycles. The number of aldehydes is 1. The fraction of sp³-hybridized carbons (Fsp3) is 0.500. The largest absolute Gasteiger partial charge is 0.336 e. The smallest absolute Gasteiger partial charge is 0.151 e. The van der Waals surface area contributed by atoms with Crippen molar-refractivity contribution in [2.24, 2.45) is 0 Å². The molecule has 0 bridgehead atoms. The second-order valence-electron chi connectivity index (χ2n) is 3.52. The van der Waals surface area contributed by atoms with E-state index in [0.717, 1.165) is 37.8 Å². The fourth-order valence-electron chi connectivity index (χ4n) is 1.77. The number of aromatic nitrogens is 1. The predicted molar refractivity (Wildman–Crippen MR) is 58.8 cm³/mol. The molecule has 1 aromatic heterocycles. The molecule has 3 heteroatoms. The Morgan fingerprint density at radius 2 is 2.27 bits per heavy atom. The molecule has 3 nitrogen and oxygen atoms in total. The third-order valence-electron chi connectivity index (χ3n) is 2.55. The first-order valence-corrected chi connectivity index (χ1v) is 5.36. The number of carbonyl (C=O) groups is 1. The van der Waals surface area contributed by atoms with Crippen molar-refractivity contribution in [3.8, 4) is 6.07 Å². The number of unbranched alkanes of at least 4 members (excludes halogenated alkanes) is 1. The maximum Gasteiger partial charge on any atom is 0.151 e. The highest BCUT2D eigenvalue weighted by Gasteiger charge is 2.12. The number of nitriles is 1. The molecule has 1 heterocycles. The molecule has 15 heavy (non-hydrogen) atoms. The molecule has 0 saturated carbocycles. The highest BCUT2D eigenvalue weighted by molar-refractivity contribution is 5.77. The average Bonchev–Trinajstić information content (AvgIpc) is 2.62. The van der Waals surface area contributed by atoms with Crippen molar-refractivity contribution in [3.05, 3.63) is 23.0 Å². The summed E-state index contributed by atoms with van der Waals surface area (Å²) < 4.78 is 1.97. The Hall–Kier alpha value is -1.56. The number of nitrogens with zero attached hydrogens (tertiary/aromatic N) is 2. The Bertz CT molecular complexity index is 385. The van der Waals surface area contributed by atoms with Gasteiger partial charge in [-0.05, 0) is 18.9 Å². The van der Waals surface area contributed by atoms with Gasteiger partial charge in [-0.25, -0.2) is 0 Å². The van der Waals surface area contributed by atoms with E-state index in [1.807, 2.05) is 11.5 Å². The van der Waals surface area contributed by atoms with Crippen LogP contribution >= 0.6 is 0 Å². The summed E-state index contributed by atoms with van der Waals surface area (Å²) in [5.41, 5.74) is 2.24. The minimum Gasteiger partial charge on any atom is -0.336 e. The maximum atomic E-state index is 10.8. The normalized spacial score (nSPS) is 9.93. The first kappa shape index (κ1) is 11.5. The van der Waals surface area contributed by atoms with Crippen LogP contribution in [0.15, 0.2) is 6.07 Å². The Labute approximate surface area is 90.3 Å². The summed E-state index contributed by atoms with van der Waals surface area (Å²) in [5.74, 6) is 0. The van der Waals surface area contributed by atoms with Gasteiger partial charge in [-0.2, -0.15) is 5.26 Å². The number of carbonyl (C=O) groups excluding carboxylic acids is 1. The molecule has 0 aliphatic carbocycles. The molecule has 0 aliphatic heterocycles. The average molecular weight is 204 g/mol. The zero-order chi connectivity index (χ0) is 11.3. The SMILES string of the molecule is CCCCn1c(C#N)cc(C=O)c1CC. The molecule has 0 N–H and O–H groups in total. The first-order chi connectivity index (χ1) is 7.28. The van der Waals surface area contributed by atoms with E-state index < -0.39 is 0 Å². The van der Waals surface area contributed by atoms with Crippen LogP contribution < -0.4 is 0 Å². The van der Waals surface area contributed by atoms with Crippen molar-refractivity contribution in [1.82, 2.24) is 4.57 Å². The Morgan fingerprint density at radius 1 is 1.53 bits per heavy atom. The zero-order valence-electron chi connectivity index (χ0n) is 9.29. The third kappa shape index (κ3) is 2.27. The van der Waals surface area contributed by atoms with Gasteiger partial charge in [-0.3, -0.25) is 4.79 Å². The van der Waals surface area contributed by atoms with Crippen LogP contribution in [0.1, 0.15) is 48.4 Å². The van der Waals surface area contributed by atoms with Crippen LogP contribution in [0.3, 0.4) is 0 Å². The molecule has 0 spiro atoms. The van der Waals surface area contributed by atoms with Gasteiger partial charge in [0.25, 0.3) is 0 Å². The van der Waals surface area contributed by atoms with Gasteiger partial charge in [0.05, 0.1) is 0 Å². The second kappa shape index (κ2) is 5.35. The molecular formula is C12H16N2O. The lowest BCUT2D eigenvalue weighted by molar-refractivity contribution is 0.112. The van der Waals surface area contributed by atoms with Gasteiger partial charge in [0, 0.05) is 17.8 Å². The highest BCUT2D eigenvalue weighted by Crippen LogP contribution is 2.16. The molecule has 0 atom stereocenters. The number of hydrogen-bond acceptors (Lipinski definition) is 2. The van der Waals surface area contributed by atoms with Crippen molar-refractivity contribution < 1.29 is 4.79 Å². The molecule has 1 aromatic rings. The Kier molecular flexibility index (Phi) is 4.11. The fourth-order valence-corrected chi connectivity index (χ4v) is 1.77. The van der Waals surface area contributed by atoms with E-state index in [9.17, 15) is 4.79 Å². The second-order valence-corrected chi connectivity index (χ2v) is 3.52. The van der Waals surface area contributed by atoms with Gasteiger partial charge in [0.1, 0.15) is 11.8 Å². The molecule has 0 radical (unpaired) electrons. The lowest BCUT2D eigenvalue weighted by atomic mass is 10.2. The zero-order valence-corrected chi connectivity index (χ0v) is 9.29.